The minimum Gasteiger partial charge on any atom is -0.396 e. The molecule has 0 aliphatic rings. The fraction of sp³-hybridized carbons (Fsp3) is 0.333. The molecule has 1 amide bonds. The van der Waals surface area contributed by atoms with Gasteiger partial charge in [-0.05, 0) is 30.9 Å². The summed E-state index contributed by atoms with van der Waals surface area (Å²) >= 11 is 1.65. The summed E-state index contributed by atoms with van der Waals surface area (Å²) in [7, 11) is 0. The van der Waals surface area contributed by atoms with Crippen molar-refractivity contribution in [2.75, 3.05) is 18.6 Å². The van der Waals surface area contributed by atoms with E-state index in [2.05, 4.69) is 10.3 Å². The average molecular weight is 305 g/mol. The molecular weight excluding hydrogens is 286 g/mol. The SMILES string of the molecule is CSCC(CCO)NC(=O)c1cccc(-n2ccnc2)c1. The van der Waals surface area contributed by atoms with Gasteiger partial charge in [0.05, 0.1) is 6.33 Å². The first-order valence-electron chi connectivity index (χ1n) is 6.73. The molecule has 21 heavy (non-hydrogen) atoms. The van der Waals surface area contributed by atoms with Crippen molar-refractivity contribution in [3.8, 4) is 5.69 Å². The molecule has 2 rings (SSSR count). The number of aliphatic hydroxyl groups is 1. The molecule has 1 atom stereocenters. The van der Waals surface area contributed by atoms with E-state index in [1.165, 1.54) is 0 Å². The van der Waals surface area contributed by atoms with E-state index in [1.54, 1.807) is 30.4 Å². The van der Waals surface area contributed by atoms with Crippen LogP contribution < -0.4 is 5.32 Å². The molecule has 5 nitrogen and oxygen atoms in total. The van der Waals surface area contributed by atoms with E-state index in [9.17, 15) is 4.79 Å². The molecule has 0 bridgehead atoms. The van der Waals surface area contributed by atoms with Crippen molar-refractivity contribution in [3.05, 3.63) is 48.5 Å². The standard InChI is InChI=1S/C15H19N3O2S/c1-21-10-13(5-8-19)17-15(20)12-3-2-4-14(9-12)18-7-6-16-11-18/h2-4,6-7,9,11,13,19H,5,8,10H2,1H3,(H,17,20). The lowest BCUT2D eigenvalue weighted by Gasteiger charge is -2.17. The molecule has 0 radical (unpaired) electrons. The molecule has 112 valence electrons. The normalized spacial score (nSPS) is 12.1. The van der Waals surface area contributed by atoms with Gasteiger partial charge in [-0.2, -0.15) is 11.8 Å². The van der Waals surface area contributed by atoms with E-state index in [0.29, 0.717) is 12.0 Å². The summed E-state index contributed by atoms with van der Waals surface area (Å²) in [6.07, 6.45) is 7.77. The van der Waals surface area contributed by atoms with Gasteiger partial charge in [0, 0.05) is 42.0 Å². The van der Waals surface area contributed by atoms with Crippen LogP contribution in [0.25, 0.3) is 5.69 Å². The second-order valence-corrected chi connectivity index (χ2v) is 5.57. The Morgan fingerprint density at radius 1 is 1.52 bits per heavy atom. The first-order chi connectivity index (χ1) is 10.2. The van der Waals surface area contributed by atoms with E-state index >= 15 is 0 Å². The van der Waals surface area contributed by atoms with Gasteiger partial charge in [0.1, 0.15) is 0 Å². The van der Waals surface area contributed by atoms with Crippen molar-refractivity contribution in [1.29, 1.82) is 0 Å². The summed E-state index contributed by atoms with van der Waals surface area (Å²) in [5, 5.41) is 12.0. The van der Waals surface area contributed by atoms with Crippen LogP contribution in [0.2, 0.25) is 0 Å². The molecule has 1 aromatic carbocycles. The van der Waals surface area contributed by atoms with Gasteiger partial charge in [0.25, 0.3) is 5.91 Å². The fourth-order valence-corrected chi connectivity index (χ4v) is 2.69. The second-order valence-electron chi connectivity index (χ2n) is 4.66. The van der Waals surface area contributed by atoms with Crippen molar-refractivity contribution in [1.82, 2.24) is 14.9 Å². The van der Waals surface area contributed by atoms with Crippen molar-refractivity contribution in [3.63, 3.8) is 0 Å². The molecule has 0 spiro atoms. The van der Waals surface area contributed by atoms with Crippen LogP contribution in [0.4, 0.5) is 0 Å². The van der Waals surface area contributed by atoms with E-state index in [-0.39, 0.29) is 18.6 Å². The summed E-state index contributed by atoms with van der Waals surface area (Å²) in [4.78, 5) is 16.3. The maximum atomic E-state index is 12.3. The summed E-state index contributed by atoms with van der Waals surface area (Å²) in [6, 6.07) is 7.36. The van der Waals surface area contributed by atoms with E-state index < -0.39 is 0 Å². The number of aliphatic hydroxyl groups excluding tert-OH is 1. The topological polar surface area (TPSA) is 67.2 Å². The van der Waals surface area contributed by atoms with Gasteiger partial charge < -0.3 is 15.0 Å². The van der Waals surface area contributed by atoms with Gasteiger partial charge in [0.15, 0.2) is 0 Å². The third kappa shape index (κ3) is 4.34. The molecule has 0 fully saturated rings. The first kappa shape index (κ1) is 15.6. The number of amides is 1. The summed E-state index contributed by atoms with van der Waals surface area (Å²) in [6.45, 7) is 0.0700. The minimum absolute atomic E-state index is 0.0191. The van der Waals surface area contributed by atoms with E-state index in [0.717, 1.165) is 11.4 Å². The van der Waals surface area contributed by atoms with Crippen LogP contribution in [0, 0.1) is 0 Å². The summed E-state index contributed by atoms with van der Waals surface area (Å²) in [5.74, 6) is 0.664. The van der Waals surface area contributed by atoms with Crippen molar-refractivity contribution in [2.45, 2.75) is 12.5 Å². The number of nitrogens with zero attached hydrogens (tertiary/aromatic N) is 2. The number of carbonyl (C=O) groups excluding carboxylic acids is 1. The van der Waals surface area contributed by atoms with Crippen LogP contribution in [0.1, 0.15) is 16.8 Å². The second kappa shape index (κ2) is 7.85. The lowest BCUT2D eigenvalue weighted by Crippen LogP contribution is -2.37. The van der Waals surface area contributed by atoms with Gasteiger partial charge in [-0.25, -0.2) is 4.98 Å². The molecule has 0 aliphatic carbocycles. The Balaban J connectivity index is 2.10. The third-order valence-corrected chi connectivity index (χ3v) is 3.83. The molecule has 0 saturated heterocycles. The van der Waals surface area contributed by atoms with Gasteiger partial charge in [-0.15, -0.1) is 0 Å². The Hall–Kier alpha value is -1.79. The molecule has 6 heteroatoms. The highest BCUT2D eigenvalue weighted by molar-refractivity contribution is 7.98. The highest BCUT2D eigenvalue weighted by atomic mass is 32.2. The molecule has 0 aliphatic heterocycles. The van der Waals surface area contributed by atoms with Crippen molar-refractivity contribution >= 4 is 17.7 Å². The Kier molecular flexibility index (Phi) is 5.83. The largest absolute Gasteiger partial charge is 0.396 e. The van der Waals surface area contributed by atoms with Crippen LogP contribution in [-0.4, -0.2) is 45.2 Å². The van der Waals surface area contributed by atoms with Crippen LogP contribution in [0.5, 0.6) is 0 Å². The van der Waals surface area contributed by atoms with Crippen molar-refractivity contribution in [2.24, 2.45) is 0 Å². The highest BCUT2D eigenvalue weighted by Gasteiger charge is 2.13. The third-order valence-electron chi connectivity index (χ3n) is 3.09. The molecule has 1 unspecified atom stereocenters. The zero-order chi connectivity index (χ0) is 15.1. The molecule has 2 aromatic rings. The maximum absolute atomic E-state index is 12.3. The van der Waals surface area contributed by atoms with Crippen LogP contribution >= 0.6 is 11.8 Å². The summed E-state index contributed by atoms with van der Waals surface area (Å²) < 4.78 is 1.85. The van der Waals surface area contributed by atoms with Gasteiger partial charge in [-0.1, -0.05) is 6.07 Å². The maximum Gasteiger partial charge on any atom is 0.251 e. The monoisotopic (exact) mass is 305 g/mol. The molecular formula is C15H19N3O2S. The number of imidazole rings is 1. The molecule has 2 N–H and O–H groups in total. The lowest BCUT2D eigenvalue weighted by molar-refractivity contribution is 0.0935. The highest BCUT2D eigenvalue weighted by Crippen LogP contribution is 2.11. The minimum atomic E-state index is -0.121. The number of hydrogen-bond acceptors (Lipinski definition) is 4. The predicted molar refractivity (Wildman–Crippen MR) is 84.9 cm³/mol. The Morgan fingerprint density at radius 3 is 3.05 bits per heavy atom. The van der Waals surface area contributed by atoms with Gasteiger partial charge in [0.2, 0.25) is 0 Å². The smallest absolute Gasteiger partial charge is 0.251 e. The van der Waals surface area contributed by atoms with Gasteiger partial charge in [-0.3, -0.25) is 4.79 Å². The fourth-order valence-electron chi connectivity index (χ4n) is 2.04. The Bertz CT molecular complexity index is 566. The molecule has 0 saturated carbocycles. The predicted octanol–water partition coefficient (Wildman–Crippen LogP) is 1.72. The Labute approximate surface area is 128 Å². The first-order valence-corrected chi connectivity index (χ1v) is 8.13. The number of hydrogen-bond donors (Lipinski definition) is 2. The molecule has 1 heterocycles. The zero-order valence-corrected chi connectivity index (χ0v) is 12.7. The van der Waals surface area contributed by atoms with Crippen molar-refractivity contribution < 1.29 is 9.90 Å². The molecule has 1 aromatic heterocycles. The quantitative estimate of drug-likeness (QED) is 0.817. The van der Waals surface area contributed by atoms with E-state index in [4.69, 9.17) is 5.11 Å². The number of nitrogens with one attached hydrogen (secondary N) is 1. The van der Waals surface area contributed by atoms with Crippen LogP contribution in [-0.2, 0) is 0 Å². The number of thioether (sulfide) groups is 1. The number of rotatable bonds is 7. The number of carbonyl (C=O) groups is 1. The van der Waals surface area contributed by atoms with Crippen LogP contribution in [0.3, 0.4) is 0 Å². The Morgan fingerprint density at radius 2 is 2.38 bits per heavy atom. The lowest BCUT2D eigenvalue weighted by atomic mass is 10.1. The number of aromatic nitrogens is 2. The number of benzene rings is 1. The van der Waals surface area contributed by atoms with E-state index in [1.807, 2.05) is 35.2 Å². The zero-order valence-electron chi connectivity index (χ0n) is 11.9. The average Bonchev–Trinajstić information content (AvgIpc) is 3.02. The van der Waals surface area contributed by atoms with Crippen LogP contribution in [0.15, 0.2) is 43.0 Å². The summed E-state index contributed by atoms with van der Waals surface area (Å²) in [5.41, 5.74) is 1.49. The van der Waals surface area contributed by atoms with Gasteiger partial charge >= 0.3 is 0 Å².